The van der Waals surface area contributed by atoms with E-state index in [-0.39, 0.29) is 5.91 Å². The number of hydrogen-bond acceptors (Lipinski definition) is 6. The van der Waals surface area contributed by atoms with Crippen LogP contribution < -0.4 is 15.0 Å². The van der Waals surface area contributed by atoms with Crippen LogP contribution in [-0.2, 0) is 34.4 Å². The van der Waals surface area contributed by atoms with E-state index in [1.807, 2.05) is 24.3 Å². The van der Waals surface area contributed by atoms with Crippen LogP contribution >= 0.6 is 0 Å². The van der Waals surface area contributed by atoms with Crippen LogP contribution in [-0.4, -0.2) is 68.0 Å². The zero-order valence-electron chi connectivity index (χ0n) is 29.9. The van der Waals surface area contributed by atoms with Crippen LogP contribution in [0.15, 0.2) is 90.6 Å². The van der Waals surface area contributed by atoms with Gasteiger partial charge in [0.25, 0.3) is 5.91 Å². The van der Waals surface area contributed by atoms with Crippen molar-refractivity contribution < 1.29 is 19.0 Å². The van der Waals surface area contributed by atoms with E-state index in [1.54, 1.807) is 0 Å². The standard InChI is InChI=1S/C42H52N4O4/c1-4-5-23-48-26-27-50-40-15-10-33(11-16-40)34-12-17-41-36(28-34)29-35(18-22-46(41)31-39-7-6-21-44(39)2)42(47)43-37-13-8-32(9-14-37)30-45(3)38-19-24-49-25-20-38/h6-17,21,28-29,38H,4-5,18-20,22-27,30-31H2,1-3H3,(H,43,47). The zero-order valence-corrected chi connectivity index (χ0v) is 29.9. The Morgan fingerprint density at radius 1 is 0.960 bits per heavy atom. The number of benzene rings is 3. The molecule has 4 aromatic rings. The van der Waals surface area contributed by atoms with Gasteiger partial charge in [-0.1, -0.05) is 43.7 Å². The van der Waals surface area contributed by atoms with Crippen molar-refractivity contribution in [2.45, 2.75) is 58.2 Å². The number of carbonyl (C=O) groups is 1. The molecule has 2 aliphatic rings. The van der Waals surface area contributed by atoms with E-state index >= 15 is 0 Å². The molecule has 6 rings (SSSR count). The van der Waals surface area contributed by atoms with E-state index in [0.29, 0.717) is 25.7 Å². The first-order chi connectivity index (χ1) is 24.5. The van der Waals surface area contributed by atoms with Gasteiger partial charge in [-0.05, 0) is 110 Å². The molecule has 0 saturated carbocycles. The van der Waals surface area contributed by atoms with Crippen LogP contribution in [0.4, 0.5) is 11.4 Å². The van der Waals surface area contributed by atoms with Crippen molar-refractivity contribution in [1.82, 2.24) is 9.47 Å². The van der Waals surface area contributed by atoms with Crippen LogP contribution in [0.1, 0.15) is 55.8 Å². The number of anilines is 2. The molecule has 0 aliphatic carbocycles. The second-order valence-corrected chi connectivity index (χ2v) is 13.5. The van der Waals surface area contributed by atoms with Gasteiger partial charge < -0.3 is 29.0 Å². The average Bonchev–Trinajstić information content (AvgIpc) is 3.46. The van der Waals surface area contributed by atoms with Crippen molar-refractivity contribution in [3.05, 3.63) is 107 Å². The highest BCUT2D eigenvalue weighted by Gasteiger charge is 2.22. The van der Waals surface area contributed by atoms with Gasteiger partial charge in [-0.2, -0.15) is 0 Å². The summed E-state index contributed by atoms with van der Waals surface area (Å²) in [6.07, 6.45) is 9.15. The lowest BCUT2D eigenvalue weighted by atomic mass is 10.00. The molecular formula is C42H52N4O4. The first kappa shape index (κ1) is 35.5. The van der Waals surface area contributed by atoms with Crippen molar-refractivity contribution in [2.75, 3.05) is 56.8 Å². The number of nitrogens with zero attached hydrogens (tertiary/aromatic N) is 3. The quantitative estimate of drug-likeness (QED) is 0.129. The molecule has 3 aromatic carbocycles. The first-order valence-corrected chi connectivity index (χ1v) is 18.2. The molecule has 1 amide bonds. The van der Waals surface area contributed by atoms with E-state index in [2.05, 4.69) is 108 Å². The molecule has 0 radical (unpaired) electrons. The highest BCUT2D eigenvalue weighted by Crippen LogP contribution is 2.34. The fourth-order valence-electron chi connectivity index (χ4n) is 6.73. The van der Waals surface area contributed by atoms with Crippen LogP contribution in [0.5, 0.6) is 5.75 Å². The minimum Gasteiger partial charge on any atom is -0.491 e. The van der Waals surface area contributed by atoms with Crippen molar-refractivity contribution >= 4 is 23.4 Å². The molecule has 1 N–H and O–H groups in total. The summed E-state index contributed by atoms with van der Waals surface area (Å²) in [5.41, 5.74) is 8.39. The second kappa shape index (κ2) is 17.5. The molecule has 264 valence electrons. The van der Waals surface area contributed by atoms with Gasteiger partial charge in [0.05, 0.1) is 13.2 Å². The van der Waals surface area contributed by atoms with Gasteiger partial charge in [0.1, 0.15) is 12.4 Å². The smallest absolute Gasteiger partial charge is 0.251 e. The number of hydrogen-bond donors (Lipinski definition) is 1. The molecule has 0 unspecified atom stereocenters. The van der Waals surface area contributed by atoms with Gasteiger partial charge >= 0.3 is 0 Å². The molecular weight excluding hydrogens is 624 g/mol. The fourth-order valence-corrected chi connectivity index (χ4v) is 6.73. The molecule has 0 atom stereocenters. The third kappa shape index (κ3) is 9.44. The molecule has 0 spiro atoms. The number of fused-ring (bicyclic) bond motifs is 1. The zero-order chi connectivity index (χ0) is 34.7. The second-order valence-electron chi connectivity index (χ2n) is 13.5. The lowest BCUT2D eigenvalue weighted by molar-refractivity contribution is -0.112. The fraction of sp³-hybridized carbons (Fsp3) is 0.405. The maximum Gasteiger partial charge on any atom is 0.251 e. The minimum absolute atomic E-state index is 0.0608. The van der Waals surface area contributed by atoms with E-state index in [0.717, 1.165) is 105 Å². The van der Waals surface area contributed by atoms with Crippen LogP contribution in [0.2, 0.25) is 0 Å². The topological polar surface area (TPSA) is 68.2 Å². The summed E-state index contributed by atoms with van der Waals surface area (Å²) in [6, 6.07) is 27.8. The molecule has 2 aliphatic heterocycles. The lowest BCUT2D eigenvalue weighted by Crippen LogP contribution is -2.36. The summed E-state index contributed by atoms with van der Waals surface area (Å²) in [6.45, 7) is 8.12. The number of aryl methyl sites for hydroxylation is 1. The number of nitrogens with one attached hydrogen (secondary N) is 1. The van der Waals surface area contributed by atoms with Crippen molar-refractivity contribution in [1.29, 1.82) is 0 Å². The largest absolute Gasteiger partial charge is 0.491 e. The first-order valence-electron chi connectivity index (χ1n) is 18.2. The van der Waals surface area contributed by atoms with Gasteiger partial charge in [-0.15, -0.1) is 0 Å². The van der Waals surface area contributed by atoms with Crippen molar-refractivity contribution in [3.8, 4) is 16.9 Å². The van der Waals surface area contributed by atoms with E-state index < -0.39 is 0 Å². The monoisotopic (exact) mass is 676 g/mol. The molecule has 50 heavy (non-hydrogen) atoms. The lowest BCUT2D eigenvalue weighted by Gasteiger charge is -2.31. The molecule has 1 aromatic heterocycles. The maximum atomic E-state index is 13.8. The van der Waals surface area contributed by atoms with Crippen LogP contribution in [0, 0.1) is 0 Å². The maximum absolute atomic E-state index is 13.8. The average molecular weight is 677 g/mol. The van der Waals surface area contributed by atoms with Crippen LogP contribution in [0.3, 0.4) is 0 Å². The number of carbonyl (C=O) groups excluding carboxylic acids is 1. The molecule has 3 heterocycles. The van der Waals surface area contributed by atoms with E-state index in [1.165, 1.54) is 11.3 Å². The summed E-state index contributed by atoms with van der Waals surface area (Å²) in [7, 11) is 4.26. The molecule has 1 fully saturated rings. The predicted molar refractivity (Wildman–Crippen MR) is 203 cm³/mol. The Bertz CT molecular complexity index is 1710. The highest BCUT2D eigenvalue weighted by molar-refractivity contribution is 6.07. The minimum atomic E-state index is -0.0608. The highest BCUT2D eigenvalue weighted by atomic mass is 16.5. The van der Waals surface area contributed by atoms with Crippen molar-refractivity contribution in [3.63, 3.8) is 0 Å². The number of unbranched alkanes of at least 4 members (excludes halogenated alkanes) is 1. The molecule has 1 saturated heterocycles. The summed E-state index contributed by atoms with van der Waals surface area (Å²) in [4.78, 5) is 18.6. The van der Waals surface area contributed by atoms with Gasteiger partial charge in [-0.25, -0.2) is 0 Å². The van der Waals surface area contributed by atoms with Gasteiger partial charge in [0.2, 0.25) is 0 Å². The molecule has 8 heteroatoms. The Hall–Kier alpha value is -4.37. The number of aromatic nitrogens is 1. The van der Waals surface area contributed by atoms with Crippen LogP contribution in [0.25, 0.3) is 17.2 Å². The van der Waals surface area contributed by atoms with Crippen molar-refractivity contribution in [2.24, 2.45) is 7.05 Å². The SMILES string of the molecule is CCCCOCCOc1ccc(-c2ccc3c(c2)C=C(C(=O)Nc2ccc(CN(C)C4CCOCC4)cc2)CCN3Cc2cccn2C)cc1. The number of rotatable bonds is 15. The van der Waals surface area contributed by atoms with Gasteiger partial charge in [0, 0.05) is 74.8 Å². The van der Waals surface area contributed by atoms with Gasteiger partial charge in [0.15, 0.2) is 0 Å². The summed E-state index contributed by atoms with van der Waals surface area (Å²) >= 11 is 0. The third-order valence-corrected chi connectivity index (χ3v) is 9.83. The normalized spacial score (nSPS) is 15.0. The predicted octanol–water partition coefficient (Wildman–Crippen LogP) is 7.93. The summed E-state index contributed by atoms with van der Waals surface area (Å²) < 4.78 is 19.2. The summed E-state index contributed by atoms with van der Waals surface area (Å²) in [5.74, 6) is 0.767. The van der Waals surface area contributed by atoms with E-state index in [9.17, 15) is 4.79 Å². The number of ether oxygens (including phenoxy) is 3. The Balaban J connectivity index is 1.16. The Kier molecular flexibility index (Phi) is 12.4. The van der Waals surface area contributed by atoms with E-state index in [4.69, 9.17) is 14.2 Å². The molecule has 8 nitrogen and oxygen atoms in total. The Morgan fingerprint density at radius 2 is 1.74 bits per heavy atom. The molecule has 0 bridgehead atoms. The summed E-state index contributed by atoms with van der Waals surface area (Å²) in [5, 5.41) is 3.18. The Labute approximate surface area is 297 Å². The number of amides is 1. The Morgan fingerprint density at radius 3 is 2.48 bits per heavy atom. The third-order valence-electron chi connectivity index (χ3n) is 9.83. The van der Waals surface area contributed by atoms with Gasteiger partial charge in [-0.3, -0.25) is 9.69 Å².